The highest BCUT2D eigenvalue weighted by Crippen LogP contribution is 2.41. The number of benzene rings is 2. The molecule has 2 aromatic carbocycles. The Morgan fingerprint density at radius 3 is 2.20 bits per heavy atom. The second-order valence-corrected chi connectivity index (χ2v) is 6.25. The van der Waals surface area contributed by atoms with Gasteiger partial charge < -0.3 is 19.5 Å². The Kier molecular flexibility index (Phi) is 6.29. The first-order valence-corrected chi connectivity index (χ1v) is 8.88. The summed E-state index contributed by atoms with van der Waals surface area (Å²) in [6.07, 6.45) is -3.02. The van der Waals surface area contributed by atoms with Crippen molar-refractivity contribution < 1.29 is 27.4 Å². The van der Waals surface area contributed by atoms with Gasteiger partial charge in [0.1, 0.15) is 12.1 Å². The van der Waals surface area contributed by atoms with Gasteiger partial charge in [0.2, 0.25) is 5.75 Å². The van der Waals surface area contributed by atoms with E-state index >= 15 is 0 Å². The lowest BCUT2D eigenvalue weighted by Crippen LogP contribution is -2.07. The van der Waals surface area contributed by atoms with Crippen molar-refractivity contribution in [3.05, 3.63) is 59.9 Å². The van der Waals surface area contributed by atoms with Gasteiger partial charge in [0.25, 0.3) is 0 Å². The van der Waals surface area contributed by atoms with E-state index in [0.29, 0.717) is 39.9 Å². The monoisotopic (exact) mass is 419 g/mol. The minimum atomic E-state index is -4.38. The maximum Gasteiger partial charge on any atom is 0.416 e. The van der Waals surface area contributed by atoms with Gasteiger partial charge in [0.15, 0.2) is 11.5 Å². The molecule has 0 aliphatic rings. The van der Waals surface area contributed by atoms with Gasteiger partial charge in [-0.2, -0.15) is 13.2 Å². The largest absolute Gasteiger partial charge is 0.493 e. The fourth-order valence-electron chi connectivity index (χ4n) is 2.89. The van der Waals surface area contributed by atoms with E-state index in [9.17, 15) is 13.2 Å². The number of nitrogens with zero attached hydrogens (tertiary/aromatic N) is 2. The Balaban J connectivity index is 1.84. The van der Waals surface area contributed by atoms with Crippen LogP contribution >= 0.6 is 0 Å². The van der Waals surface area contributed by atoms with E-state index < -0.39 is 11.7 Å². The molecule has 0 fully saturated rings. The quantitative estimate of drug-likeness (QED) is 0.594. The van der Waals surface area contributed by atoms with E-state index in [4.69, 9.17) is 14.2 Å². The number of ether oxygens (including phenoxy) is 3. The average molecular weight is 419 g/mol. The summed E-state index contributed by atoms with van der Waals surface area (Å²) in [5.74, 6) is 1.87. The number of halogens is 3. The first kappa shape index (κ1) is 21.2. The van der Waals surface area contributed by atoms with Gasteiger partial charge in [0, 0.05) is 18.2 Å². The zero-order valence-electron chi connectivity index (χ0n) is 16.6. The second-order valence-electron chi connectivity index (χ2n) is 6.25. The summed E-state index contributed by atoms with van der Waals surface area (Å²) in [6, 6.07) is 10.3. The molecule has 9 heteroatoms. The molecule has 0 aliphatic heterocycles. The Labute approximate surface area is 171 Å². The fraction of sp³-hybridized carbons (Fsp3) is 0.238. The standard InChI is InChI=1S/C21H20F3N3O3/c1-28-17-8-14(9-18(29-2)20(17)30-3)16-10-19(27-12-26-16)25-11-13-5-4-6-15(7-13)21(22,23)24/h4-10,12H,11H2,1-3H3,(H,25,26,27). The van der Waals surface area contributed by atoms with Crippen LogP contribution in [-0.2, 0) is 12.7 Å². The second kappa shape index (κ2) is 8.89. The minimum absolute atomic E-state index is 0.176. The Bertz CT molecular complexity index is 1000. The summed E-state index contributed by atoms with van der Waals surface area (Å²) in [4.78, 5) is 8.40. The van der Waals surface area contributed by atoms with E-state index in [1.807, 2.05) is 0 Å². The zero-order valence-corrected chi connectivity index (χ0v) is 16.6. The summed E-state index contributed by atoms with van der Waals surface area (Å²) in [6.45, 7) is 0.176. The summed E-state index contributed by atoms with van der Waals surface area (Å²) < 4.78 is 54.7. The number of hydrogen-bond donors (Lipinski definition) is 1. The van der Waals surface area contributed by atoms with Gasteiger partial charge in [-0.3, -0.25) is 0 Å². The van der Waals surface area contributed by atoms with Crippen LogP contribution in [-0.4, -0.2) is 31.3 Å². The first-order chi connectivity index (χ1) is 14.4. The Hall–Kier alpha value is -3.49. The lowest BCUT2D eigenvalue weighted by molar-refractivity contribution is -0.137. The van der Waals surface area contributed by atoms with Crippen LogP contribution in [0.25, 0.3) is 11.3 Å². The number of methoxy groups -OCH3 is 3. The predicted octanol–water partition coefficient (Wildman–Crippen LogP) is 4.80. The molecular weight excluding hydrogens is 399 g/mol. The van der Waals surface area contributed by atoms with Crippen molar-refractivity contribution in [2.75, 3.05) is 26.6 Å². The molecule has 30 heavy (non-hydrogen) atoms. The van der Waals surface area contributed by atoms with Gasteiger partial charge in [0.05, 0.1) is 32.6 Å². The summed E-state index contributed by atoms with van der Waals surface area (Å²) >= 11 is 0. The van der Waals surface area contributed by atoms with Gasteiger partial charge in [-0.15, -0.1) is 0 Å². The number of rotatable bonds is 7. The first-order valence-electron chi connectivity index (χ1n) is 8.88. The van der Waals surface area contributed by atoms with E-state index in [1.54, 1.807) is 24.3 Å². The lowest BCUT2D eigenvalue weighted by Gasteiger charge is -2.14. The predicted molar refractivity (Wildman–Crippen MR) is 106 cm³/mol. The molecule has 3 rings (SSSR count). The van der Waals surface area contributed by atoms with Gasteiger partial charge in [-0.25, -0.2) is 9.97 Å². The van der Waals surface area contributed by atoms with Crippen molar-refractivity contribution in [3.63, 3.8) is 0 Å². The molecule has 0 amide bonds. The molecular formula is C21H20F3N3O3. The highest BCUT2D eigenvalue weighted by atomic mass is 19.4. The van der Waals surface area contributed by atoms with Gasteiger partial charge in [-0.05, 0) is 29.8 Å². The topological polar surface area (TPSA) is 65.5 Å². The highest BCUT2D eigenvalue weighted by Gasteiger charge is 2.30. The molecule has 0 atom stereocenters. The molecule has 1 heterocycles. The van der Waals surface area contributed by atoms with Crippen LogP contribution in [0, 0.1) is 0 Å². The van der Waals surface area contributed by atoms with Crippen molar-refractivity contribution in [1.29, 1.82) is 0 Å². The van der Waals surface area contributed by atoms with Crippen LogP contribution in [0.5, 0.6) is 17.2 Å². The number of hydrogen-bond acceptors (Lipinski definition) is 6. The van der Waals surface area contributed by atoms with Crippen LogP contribution < -0.4 is 19.5 Å². The van der Waals surface area contributed by atoms with Crippen molar-refractivity contribution in [3.8, 4) is 28.5 Å². The molecule has 0 bridgehead atoms. The molecule has 1 aromatic heterocycles. The number of alkyl halides is 3. The van der Waals surface area contributed by atoms with E-state index in [1.165, 1.54) is 33.7 Å². The van der Waals surface area contributed by atoms with Crippen LogP contribution in [0.2, 0.25) is 0 Å². The molecule has 3 aromatic rings. The number of nitrogens with one attached hydrogen (secondary N) is 1. The maximum atomic E-state index is 12.9. The molecule has 6 nitrogen and oxygen atoms in total. The summed E-state index contributed by atoms with van der Waals surface area (Å²) in [5, 5.41) is 3.02. The third-order valence-electron chi connectivity index (χ3n) is 4.36. The molecule has 0 saturated heterocycles. The zero-order chi connectivity index (χ0) is 21.7. The third kappa shape index (κ3) is 4.73. The van der Waals surface area contributed by atoms with Crippen molar-refractivity contribution in [2.24, 2.45) is 0 Å². The fourth-order valence-corrected chi connectivity index (χ4v) is 2.89. The molecule has 0 radical (unpaired) electrons. The van der Waals surface area contributed by atoms with Crippen molar-refractivity contribution in [1.82, 2.24) is 9.97 Å². The smallest absolute Gasteiger partial charge is 0.416 e. The van der Waals surface area contributed by atoms with E-state index in [0.717, 1.165) is 12.1 Å². The SMILES string of the molecule is COc1cc(-c2cc(NCc3cccc(C(F)(F)F)c3)ncn2)cc(OC)c1OC. The molecule has 1 N–H and O–H groups in total. The van der Waals surface area contributed by atoms with Gasteiger partial charge >= 0.3 is 6.18 Å². The average Bonchev–Trinajstić information content (AvgIpc) is 2.76. The summed E-state index contributed by atoms with van der Waals surface area (Å²) in [7, 11) is 4.55. The summed E-state index contributed by atoms with van der Waals surface area (Å²) in [5.41, 5.74) is 1.07. The Morgan fingerprint density at radius 2 is 1.60 bits per heavy atom. The molecule has 0 spiro atoms. The van der Waals surface area contributed by atoms with Crippen LogP contribution in [0.4, 0.5) is 19.0 Å². The lowest BCUT2D eigenvalue weighted by atomic mass is 10.1. The molecule has 0 saturated carbocycles. The minimum Gasteiger partial charge on any atom is -0.493 e. The van der Waals surface area contributed by atoms with Crippen LogP contribution in [0.3, 0.4) is 0 Å². The molecule has 0 unspecified atom stereocenters. The van der Waals surface area contributed by atoms with E-state index in [2.05, 4.69) is 15.3 Å². The highest BCUT2D eigenvalue weighted by molar-refractivity contribution is 5.70. The van der Waals surface area contributed by atoms with E-state index in [-0.39, 0.29) is 6.54 Å². The number of anilines is 1. The third-order valence-corrected chi connectivity index (χ3v) is 4.36. The van der Waals surface area contributed by atoms with Crippen LogP contribution in [0.1, 0.15) is 11.1 Å². The normalized spacial score (nSPS) is 11.1. The van der Waals surface area contributed by atoms with Gasteiger partial charge in [-0.1, -0.05) is 12.1 Å². The van der Waals surface area contributed by atoms with Crippen LogP contribution in [0.15, 0.2) is 48.8 Å². The molecule has 158 valence electrons. The van der Waals surface area contributed by atoms with Crippen molar-refractivity contribution in [2.45, 2.75) is 12.7 Å². The maximum absolute atomic E-state index is 12.9. The number of aromatic nitrogens is 2. The molecule has 0 aliphatic carbocycles. The Morgan fingerprint density at radius 1 is 0.900 bits per heavy atom. The van der Waals surface area contributed by atoms with Crippen molar-refractivity contribution >= 4 is 5.82 Å².